The lowest BCUT2D eigenvalue weighted by Crippen LogP contribution is -2.32. The lowest BCUT2D eigenvalue weighted by molar-refractivity contribution is 0.445. The van der Waals surface area contributed by atoms with Crippen molar-refractivity contribution in [3.8, 4) is 12.3 Å². The second kappa shape index (κ2) is 5.77. The number of hydrogen-bond acceptors (Lipinski definition) is 2. The highest BCUT2D eigenvalue weighted by atomic mass is 32.2. The Labute approximate surface area is 115 Å². The zero-order valence-electron chi connectivity index (χ0n) is 11.2. The number of hydrogen-bond donors (Lipinski definition) is 0. The van der Waals surface area contributed by atoms with Crippen molar-refractivity contribution in [1.82, 2.24) is 4.31 Å². The number of terminal acetylenes is 1. The van der Waals surface area contributed by atoms with Crippen LogP contribution in [0.5, 0.6) is 0 Å². The van der Waals surface area contributed by atoms with E-state index in [4.69, 9.17) is 6.42 Å². The fourth-order valence-electron chi connectivity index (χ4n) is 2.49. The summed E-state index contributed by atoms with van der Waals surface area (Å²) in [7, 11) is -3.46. The van der Waals surface area contributed by atoms with E-state index in [1.165, 1.54) is 15.4 Å². The summed E-state index contributed by atoms with van der Waals surface area (Å²) >= 11 is 0. The molecule has 19 heavy (non-hydrogen) atoms. The molecule has 0 N–H and O–H groups in total. The van der Waals surface area contributed by atoms with E-state index in [9.17, 15) is 8.42 Å². The van der Waals surface area contributed by atoms with Crippen molar-refractivity contribution in [2.75, 3.05) is 13.1 Å². The normalized spacial score (nSPS) is 14.4. The summed E-state index contributed by atoms with van der Waals surface area (Å²) in [6.07, 6.45) is 9.17. The molecule has 4 heteroatoms. The molecule has 0 heterocycles. The maximum atomic E-state index is 12.5. The van der Waals surface area contributed by atoms with Crippen molar-refractivity contribution < 1.29 is 8.42 Å². The summed E-state index contributed by atoms with van der Waals surface area (Å²) in [4.78, 5) is 0.372. The second-order valence-electron chi connectivity index (χ2n) is 4.83. The first-order valence-electron chi connectivity index (χ1n) is 6.65. The molecule has 1 aliphatic rings. The Morgan fingerprint density at radius 3 is 2.74 bits per heavy atom. The topological polar surface area (TPSA) is 37.4 Å². The third-order valence-electron chi connectivity index (χ3n) is 3.45. The molecule has 1 aromatic rings. The summed E-state index contributed by atoms with van der Waals surface area (Å²) in [6, 6.07) is 5.46. The summed E-state index contributed by atoms with van der Waals surface area (Å²) in [6.45, 7) is 2.54. The van der Waals surface area contributed by atoms with Gasteiger partial charge < -0.3 is 0 Å². The summed E-state index contributed by atoms with van der Waals surface area (Å²) in [5, 5.41) is 0. The van der Waals surface area contributed by atoms with Gasteiger partial charge in [-0.05, 0) is 48.9 Å². The van der Waals surface area contributed by atoms with Gasteiger partial charge in [0.25, 0.3) is 0 Å². The van der Waals surface area contributed by atoms with E-state index < -0.39 is 10.0 Å². The second-order valence-corrected chi connectivity index (χ2v) is 6.76. The van der Waals surface area contributed by atoms with E-state index in [-0.39, 0.29) is 6.54 Å². The van der Waals surface area contributed by atoms with E-state index in [2.05, 4.69) is 5.92 Å². The minimum Gasteiger partial charge on any atom is -0.207 e. The first kappa shape index (κ1) is 14.1. The fraction of sp³-hybridized carbons (Fsp3) is 0.467. The van der Waals surface area contributed by atoms with Crippen molar-refractivity contribution in [2.45, 2.75) is 37.5 Å². The summed E-state index contributed by atoms with van der Waals surface area (Å²) < 4.78 is 26.5. The Hall–Kier alpha value is -1.31. The van der Waals surface area contributed by atoms with Crippen LogP contribution in [0.2, 0.25) is 0 Å². The van der Waals surface area contributed by atoms with E-state index in [1.54, 1.807) is 6.07 Å². The molecule has 0 atom stereocenters. The molecule has 0 radical (unpaired) electrons. The molecule has 0 aliphatic heterocycles. The van der Waals surface area contributed by atoms with Crippen molar-refractivity contribution in [1.29, 1.82) is 0 Å². The molecule has 0 fully saturated rings. The van der Waals surface area contributed by atoms with Gasteiger partial charge in [-0.25, -0.2) is 8.42 Å². The van der Waals surface area contributed by atoms with Crippen LogP contribution in [0.4, 0.5) is 0 Å². The Kier molecular flexibility index (Phi) is 4.28. The van der Waals surface area contributed by atoms with E-state index in [0.717, 1.165) is 25.7 Å². The van der Waals surface area contributed by atoms with Gasteiger partial charge in [0.15, 0.2) is 0 Å². The van der Waals surface area contributed by atoms with Crippen LogP contribution in [-0.2, 0) is 22.9 Å². The molecular weight excluding hydrogens is 258 g/mol. The van der Waals surface area contributed by atoms with Crippen LogP contribution in [0.25, 0.3) is 0 Å². The molecule has 3 nitrogen and oxygen atoms in total. The predicted molar refractivity (Wildman–Crippen MR) is 76.3 cm³/mol. The molecule has 102 valence electrons. The number of sulfonamides is 1. The van der Waals surface area contributed by atoms with E-state index >= 15 is 0 Å². The zero-order chi connectivity index (χ0) is 13.9. The molecule has 0 unspecified atom stereocenters. The van der Waals surface area contributed by atoms with Crippen LogP contribution in [-0.4, -0.2) is 25.8 Å². The zero-order valence-corrected chi connectivity index (χ0v) is 12.0. The molecule has 2 rings (SSSR count). The van der Waals surface area contributed by atoms with Crippen molar-refractivity contribution in [3.05, 3.63) is 29.3 Å². The predicted octanol–water partition coefficient (Wildman–Crippen LogP) is 2.21. The van der Waals surface area contributed by atoms with Gasteiger partial charge in [0.05, 0.1) is 11.4 Å². The number of aryl methyl sites for hydroxylation is 2. The largest absolute Gasteiger partial charge is 0.243 e. The van der Waals surface area contributed by atoms with Crippen LogP contribution < -0.4 is 0 Å². The molecule has 1 aliphatic carbocycles. The van der Waals surface area contributed by atoms with Gasteiger partial charge in [0.1, 0.15) is 0 Å². The van der Waals surface area contributed by atoms with Gasteiger partial charge in [0.2, 0.25) is 10.0 Å². The van der Waals surface area contributed by atoms with E-state index in [1.807, 2.05) is 19.1 Å². The first-order chi connectivity index (χ1) is 9.09. The minimum atomic E-state index is -3.46. The monoisotopic (exact) mass is 277 g/mol. The Balaban J connectivity index is 2.35. The van der Waals surface area contributed by atoms with Gasteiger partial charge >= 0.3 is 0 Å². The molecule has 0 saturated heterocycles. The third kappa shape index (κ3) is 2.83. The number of rotatable bonds is 5. The molecule has 0 saturated carbocycles. The Morgan fingerprint density at radius 2 is 2.05 bits per heavy atom. The third-order valence-corrected chi connectivity index (χ3v) is 5.29. The minimum absolute atomic E-state index is 0.132. The molecule has 0 spiro atoms. The smallest absolute Gasteiger partial charge is 0.207 e. The van der Waals surface area contributed by atoms with Crippen molar-refractivity contribution in [2.24, 2.45) is 0 Å². The SMILES string of the molecule is C#CCN(CCC)S(=O)(=O)c1ccc2c(c1)CCC2. The van der Waals surface area contributed by atoms with Crippen LogP contribution in [0.1, 0.15) is 30.9 Å². The molecule has 0 amide bonds. The highest BCUT2D eigenvalue weighted by molar-refractivity contribution is 7.89. The average molecular weight is 277 g/mol. The highest BCUT2D eigenvalue weighted by Crippen LogP contribution is 2.26. The van der Waals surface area contributed by atoms with Gasteiger partial charge in [-0.2, -0.15) is 4.31 Å². The van der Waals surface area contributed by atoms with Crippen molar-refractivity contribution >= 4 is 10.0 Å². The molecule has 1 aromatic carbocycles. The van der Waals surface area contributed by atoms with Gasteiger partial charge in [0, 0.05) is 6.54 Å². The van der Waals surface area contributed by atoms with E-state index in [0.29, 0.717) is 11.4 Å². The number of nitrogens with zero attached hydrogens (tertiary/aromatic N) is 1. The van der Waals surface area contributed by atoms with Crippen LogP contribution in [0, 0.1) is 12.3 Å². The highest BCUT2D eigenvalue weighted by Gasteiger charge is 2.24. The maximum Gasteiger partial charge on any atom is 0.243 e. The lowest BCUT2D eigenvalue weighted by Gasteiger charge is -2.19. The average Bonchev–Trinajstić information content (AvgIpc) is 2.85. The molecule has 0 bridgehead atoms. The van der Waals surface area contributed by atoms with Gasteiger partial charge in [-0.3, -0.25) is 0 Å². The fourth-order valence-corrected chi connectivity index (χ4v) is 3.99. The van der Waals surface area contributed by atoms with Crippen LogP contribution in [0.15, 0.2) is 23.1 Å². The van der Waals surface area contributed by atoms with Crippen LogP contribution >= 0.6 is 0 Å². The molecule has 0 aromatic heterocycles. The number of benzene rings is 1. The first-order valence-corrected chi connectivity index (χ1v) is 8.09. The summed E-state index contributed by atoms with van der Waals surface area (Å²) in [5.41, 5.74) is 2.44. The number of fused-ring (bicyclic) bond motifs is 1. The van der Waals surface area contributed by atoms with Crippen LogP contribution in [0.3, 0.4) is 0 Å². The van der Waals surface area contributed by atoms with Crippen molar-refractivity contribution in [3.63, 3.8) is 0 Å². The quantitative estimate of drug-likeness (QED) is 0.774. The van der Waals surface area contributed by atoms with Gasteiger partial charge in [-0.1, -0.05) is 18.9 Å². The Morgan fingerprint density at radius 1 is 1.32 bits per heavy atom. The maximum absolute atomic E-state index is 12.5. The standard InChI is InChI=1S/C15H19NO2S/c1-3-10-16(11-4-2)19(17,18)15-9-8-13-6-5-7-14(13)12-15/h1,8-9,12H,4-7,10-11H2,2H3. The Bertz CT molecular complexity index is 599. The summed E-state index contributed by atoms with van der Waals surface area (Å²) in [5.74, 6) is 2.43. The molecular formula is C15H19NO2S. The lowest BCUT2D eigenvalue weighted by atomic mass is 10.1. The van der Waals surface area contributed by atoms with Gasteiger partial charge in [-0.15, -0.1) is 6.42 Å².